The van der Waals surface area contributed by atoms with Crippen molar-refractivity contribution >= 4 is 39.5 Å². The van der Waals surface area contributed by atoms with Gasteiger partial charge in [0.05, 0.1) is 26.4 Å². The Balaban J connectivity index is 5.21. The van der Waals surface area contributed by atoms with Crippen LogP contribution in [0.1, 0.15) is 329 Å². The first kappa shape index (κ1) is 81.1. The monoisotopic (exact) mass is 1230 g/mol. The molecule has 83 heavy (non-hydrogen) atoms. The van der Waals surface area contributed by atoms with Crippen LogP contribution >= 0.6 is 15.6 Å². The zero-order valence-electron chi connectivity index (χ0n) is 53.2. The van der Waals surface area contributed by atoms with Crippen molar-refractivity contribution in [3.63, 3.8) is 0 Å². The molecular weight excluding hydrogens is 1100 g/mol. The van der Waals surface area contributed by atoms with Crippen LogP contribution in [-0.2, 0) is 65.4 Å². The summed E-state index contributed by atoms with van der Waals surface area (Å²) in [5.74, 6) is -2.13. The Kier molecular flexibility index (Phi) is 57.7. The average molecular weight is 1230 g/mol. The molecule has 5 atom stereocenters. The first-order valence-corrected chi connectivity index (χ1v) is 36.8. The molecule has 0 aromatic carbocycles. The summed E-state index contributed by atoms with van der Waals surface area (Å²) in [6, 6.07) is 0. The summed E-state index contributed by atoms with van der Waals surface area (Å²) in [6.45, 7) is 4.86. The number of hydrogen-bond acceptors (Lipinski definition) is 15. The average Bonchev–Trinajstić information content (AvgIpc) is 3.48. The second-order valence-electron chi connectivity index (χ2n) is 23.2. The standard InChI is InChI=1S/C64H124O17P2/c1-5-9-13-17-21-25-27-29-31-34-37-41-45-49-62(67)75-55-60(81-64(69)51-47-43-39-35-32-30-28-26-22-18-14-10-6-2)57-79-83(72,73)77-53-58(65)52-76-82(70,71)78-56-59(54-74-61(66)48-44-40-36-24-20-16-12-8-4)80-63(68)50-46-42-38-33-23-19-15-11-7-3/h58-60,65H,5-57H2,1-4H3,(H,70,71)(H,72,73)/t58-,59+,60+/m0/s1. The first-order valence-electron chi connectivity index (χ1n) is 33.8. The number of hydrogen-bond donors (Lipinski definition) is 3. The number of aliphatic hydroxyl groups excluding tert-OH is 1. The van der Waals surface area contributed by atoms with Gasteiger partial charge in [0.1, 0.15) is 19.3 Å². The lowest BCUT2D eigenvalue weighted by molar-refractivity contribution is -0.161. The number of carbonyl (C=O) groups excluding carboxylic acids is 4. The number of aliphatic hydroxyl groups is 1. The van der Waals surface area contributed by atoms with Crippen LogP contribution in [0.15, 0.2) is 0 Å². The van der Waals surface area contributed by atoms with Gasteiger partial charge in [-0.15, -0.1) is 0 Å². The quantitative estimate of drug-likeness (QED) is 0.0222. The normalized spacial score (nSPS) is 14.2. The molecule has 0 aliphatic rings. The van der Waals surface area contributed by atoms with Gasteiger partial charge in [-0.3, -0.25) is 37.3 Å². The zero-order valence-corrected chi connectivity index (χ0v) is 54.9. The number of ether oxygens (including phenoxy) is 4. The summed E-state index contributed by atoms with van der Waals surface area (Å²) in [5.41, 5.74) is 0. The van der Waals surface area contributed by atoms with Crippen molar-refractivity contribution in [2.75, 3.05) is 39.6 Å². The molecule has 0 saturated carbocycles. The molecule has 0 radical (unpaired) electrons. The molecule has 0 fully saturated rings. The van der Waals surface area contributed by atoms with Gasteiger partial charge in [-0.2, -0.15) is 0 Å². The molecule has 0 amide bonds. The van der Waals surface area contributed by atoms with Crippen molar-refractivity contribution in [2.24, 2.45) is 0 Å². The van der Waals surface area contributed by atoms with Crippen LogP contribution < -0.4 is 0 Å². The predicted octanol–water partition coefficient (Wildman–Crippen LogP) is 17.9. The van der Waals surface area contributed by atoms with Crippen molar-refractivity contribution in [1.82, 2.24) is 0 Å². The molecule has 0 aromatic heterocycles. The van der Waals surface area contributed by atoms with E-state index in [0.717, 1.165) is 96.3 Å². The number of rotatable bonds is 65. The van der Waals surface area contributed by atoms with Crippen molar-refractivity contribution in [2.45, 2.75) is 348 Å². The third-order valence-electron chi connectivity index (χ3n) is 14.9. The summed E-state index contributed by atoms with van der Waals surface area (Å²) in [5, 5.41) is 10.5. The molecule has 0 bridgehead atoms. The van der Waals surface area contributed by atoms with E-state index in [-0.39, 0.29) is 25.7 Å². The SMILES string of the molecule is CCCCCCCCCCCCCCCC(=O)OC[C@H](COP(=O)(O)OC[C@@H](O)COP(=O)(O)OC[C@@H](COC(=O)CCCCCCCCCC)OC(=O)CCCCCCCCCCC)OC(=O)CCCCCCCCCCCCCCC. The van der Waals surface area contributed by atoms with Gasteiger partial charge in [0.25, 0.3) is 0 Å². The first-order chi connectivity index (χ1) is 40.2. The Morgan fingerprint density at radius 2 is 0.482 bits per heavy atom. The van der Waals surface area contributed by atoms with Gasteiger partial charge in [0.2, 0.25) is 0 Å². The third kappa shape index (κ3) is 58.8. The highest BCUT2D eigenvalue weighted by Gasteiger charge is 2.30. The van der Waals surface area contributed by atoms with Gasteiger partial charge in [-0.05, 0) is 25.7 Å². The second kappa shape index (κ2) is 59.0. The molecule has 0 heterocycles. The fourth-order valence-electron chi connectivity index (χ4n) is 9.63. The maximum absolute atomic E-state index is 13.0. The zero-order chi connectivity index (χ0) is 61.2. The van der Waals surface area contributed by atoms with E-state index in [4.69, 9.17) is 37.0 Å². The Labute approximate surface area is 505 Å². The number of carbonyl (C=O) groups is 4. The molecule has 0 aromatic rings. The van der Waals surface area contributed by atoms with Crippen molar-refractivity contribution in [1.29, 1.82) is 0 Å². The minimum atomic E-state index is -4.94. The molecular formula is C64H124O17P2. The van der Waals surface area contributed by atoms with Gasteiger partial charge >= 0.3 is 39.5 Å². The Morgan fingerprint density at radius 3 is 0.711 bits per heavy atom. The van der Waals surface area contributed by atoms with Crippen LogP contribution in [0.5, 0.6) is 0 Å². The Hall–Kier alpha value is -1.94. The topological polar surface area (TPSA) is 237 Å². The van der Waals surface area contributed by atoms with Crippen molar-refractivity contribution in [3.8, 4) is 0 Å². The minimum Gasteiger partial charge on any atom is -0.462 e. The van der Waals surface area contributed by atoms with Crippen LogP contribution in [0, 0.1) is 0 Å². The van der Waals surface area contributed by atoms with E-state index in [2.05, 4.69) is 27.7 Å². The van der Waals surface area contributed by atoms with Crippen LogP contribution in [0.3, 0.4) is 0 Å². The molecule has 0 aliphatic carbocycles. The molecule has 492 valence electrons. The van der Waals surface area contributed by atoms with E-state index in [0.29, 0.717) is 25.7 Å². The summed E-state index contributed by atoms with van der Waals surface area (Å²) < 4.78 is 67.9. The number of esters is 4. The highest BCUT2D eigenvalue weighted by molar-refractivity contribution is 7.47. The van der Waals surface area contributed by atoms with Crippen LogP contribution in [0.25, 0.3) is 0 Å². The van der Waals surface area contributed by atoms with Crippen molar-refractivity contribution < 1.29 is 80.2 Å². The van der Waals surface area contributed by atoms with Gasteiger partial charge < -0.3 is 33.8 Å². The molecule has 0 spiro atoms. The lowest BCUT2D eigenvalue weighted by Crippen LogP contribution is -2.30. The van der Waals surface area contributed by atoms with Gasteiger partial charge in [0.15, 0.2) is 12.2 Å². The fourth-order valence-corrected chi connectivity index (χ4v) is 11.2. The number of phosphoric acid groups is 2. The highest BCUT2D eigenvalue weighted by atomic mass is 31.2. The van der Waals surface area contributed by atoms with Gasteiger partial charge in [-0.1, -0.05) is 278 Å². The summed E-state index contributed by atoms with van der Waals surface area (Å²) >= 11 is 0. The summed E-state index contributed by atoms with van der Waals surface area (Å²) in [4.78, 5) is 72.1. The van der Waals surface area contributed by atoms with E-state index in [1.165, 1.54) is 154 Å². The Bertz CT molecular complexity index is 1600. The summed E-state index contributed by atoms with van der Waals surface area (Å²) in [6.07, 6.45) is 44.4. The van der Waals surface area contributed by atoms with Gasteiger partial charge in [0, 0.05) is 25.7 Å². The maximum Gasteiger partial charge on any atom is 0.472 e. The number of phosphoric ester groups is 2. The van der Waals surface area contributed by atoms with Crippen LogP contribution in [-0.4, -0.2) is 96.7 Å². The van der Waals surface area contributed by atoms with E-state index in [1.54, 1.807) is 0 Å². The van der Waals surface area contributed by atoms with E-state index < -0.39 is 97.5 Å². The van der Waals surface area contributed by atoms with Crippen molar-refractivity contribution in [3.05, 3.63) is 0 Å². The van der Waals surface area contributed by atoms with E-state index in [9.17, 15) is 43.2 Å². The largest absolute Gasteiger partial charge is 0.472 e. The molecule has 0 rings (SSSR count). The fraction of sp³-hybridized carbons (Fsp3) is 0.938. The lowest BCUT2D eigenvalue weighted by atomic mass is 10.0. The molecule has 19 heteroatoms. The minimum absolute atomic E-state index is 0.106. The predicted molar refractivity (Wildman–Crippen MR) is 331 cm³/mol. The second-order valence-corrected chi connectivity index (χ2v) is 26.1. The van der Waals surface area contributed by atoms with E-state index >= 15 is 0 Å². The molecule has 0 aliphatic heterocycles. The molecule has 0 saturated heterocycles. The molecule has 17 nitrogen and oxygen atoms in total. The maximum atomic E-state index is 13.0. The van der Waals surface area contributed by atoms with Gasteiger partial charge in [-0.25, -0.2) is 9.13 Å². The van der Waals surface area contributed by atoms with E-state index in [1.807, 2.05) is 0 Å². The molecule has 3 N–H and O–H groups in total. The smallest absolute Gasteiger partial charge is 0.462 e. The van der Waals surface area contributed by atoms with Crippen LogP contribution in [0.2, 0.25) is 0 Å². The lowest BCUT2D eigenvalue weighted by Gasteiger charge is -2.21. The molecule has 2 unspecified atom stereocenters. The highest BCUT2D eigenvalue weighted by Crippen LogP contribution is 2.45. The third-order valence-corrected chi connectivity index (χ3v) is 16.8. The number of unbranched alkanes of at least 4 members (excludes halogenated alkanes) is 39. The Morgan fingerprint density at radius 1 is 0.289 bits per heavy atom. The van der Waals surface area contributed by atoms with Crippen LogP contribution in [0.4, 0.5) is 0 Å². The summed E-state index contributed by atoms with van der Waals surface area (Å²) in [7, 11) is -9.88.